The molecular weight excluding hydrogens is 266 g/mol. The van der Waals surface area contributed by atoms with E-state index < -0.39 is 0 Å². The summed E-state index contributed by atoms with van der Waals surface area (Å²) in [5, 5.41) is 2.88. The number of benzene rings is 2. The lowest BCUT2D eigenvalue weighted by atomic mass is 10.1. The summed E-state index contributed by atoms with van der Waals surface area (Å²) in [5.74, 6) is 0.637. The second-order valence-corrected chi connectivity index (χ2v) is 4.88. The van der Waals surface area contributed by atoms with E-state index in [-0.39, 0.29) is 6.03 Å². The third-order valence-corrected chi connectivity index (χ3v) is 3.66. The number of anilines is 3. The van der Waals surface area contributed by atoms with E-state index >= 15 is 0 Å². The van der Waals surface area contributed by atoms with E-state index in [9.17, 15) is 4.79 Å². The lowest BCUT2D eigenvalue weighted by Crippen LogP contribution is -2.33. The number of rotatable bonds is 2. The van der Waals surface area contributed by atoms with Crippen LogP contribution in [0.3, 0.4) is 0 Å². The number of fused-ring (bicyclic) bond motifs is 1. The lowest BCUT2D eigenvalue weighted by molar-refractivity contribution is 0.257. The predicted octanol–water partition coefficient (Wildman–Crippen LogP) is 2.87. The molecule has 2 amide bonds. The van der Waals surface area contributed by atoms with Crippen LogP contribution in [0.15, 0.2) is 42.5 Å². The van der Waals surface area contributed by atoms with Gasteiger partial charge < -0.3 is 15.8 Å². The van der Waals surface area contributed by atoms with Crippen molar-refractivity contribution < 1.29 is 9.53 Å². The van der Waals surface area contributed by atoms with Gasteiger partial charge in [0.15, 0.2) is 0 Å². The first kappa shape index (κ1) is 13.3. The predicted molar refractivity (Wildman–Crippen MR) is 83.9 cm³/mol. The smallest absolute Gasteiger partial charge is 0.326 e. The molecular formula is C16H17N3O2. The molecule has 5 nitrogen and oxygen atoms in total. The Balaban J connectivity index is 1.84. The van der Waals surface area contributed by atoms with Crippen molar-refractivity contribution in [2.75, 3.05) is 29.6 Å². The van der Waals surface area contributed by atoms with Crippen molar-refractivity contribution in [1.29, 1.82) is 0 Å². The van der Waals surface area contributed by atoms with Gasteiger partial charge in [-0.3, -0.25) is 4.90 Å². The van der Waals surface area contributed by atoms with Crippen molar-refractivity contribution in [3.05, 3.63) is 48.0 Å². The molecule has 0 spiro atoms. The van der Waals surface area contributed by atoms with Crippen LogP contribution in [-0.2, 0) is 6.42 Å². The standard InChI is InChI=1S/C16H17N3O2/c1-21-15-8-3-2-6-13(15)18-16(20)19-10-9-11-12(17)5-4-7-14(11)19/h2-8H,9-10,17H2,1H3,(H,18,20). The summed E-state index contributed by atoms with van der Waals surface area (Å²) < 4.78 is 5.24. The van der Waals surface area contributed by atoms with Crippen molar-refractivity contribution >= 4 is 23.1 Å². The summed E-state index contributed by atoms with van der Waals surface area (Å²) in [6, 6.07) is 12.8. The average Bonchev–Trinajstić information content (AvgIpc) is 2.93. The molecule has 0 aromatic heterocycles. The quantitative estimate of drug-likeness (QED) is 0.833. The van der Waals surface area contributed by atoms with E-state index in [0.29, 0.717) is 18.0 Å². The van der Waals surface area contributed by atoms with Gasteiger partial charge >= 0.3 is 6.03 Å². The Morgan fingerprint density at radius 3 is 2.86 bits per heavy atom. The van der Waals surface area contributed by atoms with Gasteiger partial charge in [0.05, 0.1) is 18.5 Å². The highest BCUT2D eigenvalue weighted by Gasteiger charge is 2.26. The molecule has 5 heteroatoms. The summed E-state index contributed by atoms with van der Waals surface area (Å²) >= 11 is 0. The van der Waals surface area contributed by atoms with Crippen LogP contribution in [-0.4, -0.2) is 19.7 Å². The van der Waals surface area contributed by atoms with Gasteiger partial charge in [0.1, 0.15) is 5.75 Å². The molecule has 108 valence electrons. The lowest BCUT2D eigenvalue weighted by Gasteiger charge is -2.19. The first-order valence-corrected chi connectivity index (χ1v) is 6.79. The average molecular weight is 283 g/mol. The number of para-hydroxylation sites is 2. The van der Waals surface area contributed by atoms with Gasteiger partial charge in [0.25, 0.3) is 0 Å². The maximum Gasteiger partial charge on any atom is 0.326 e. The maximum absolute atomic E-state index is 12.5. The van der Waals surface area contributed by atoms with Crippen molar-refractivity contribution in [3.63, 3.8) is 0 Å². The second-order valence-electron chi connectivity index (χ2n) is 4.88. The van der Waals surface area contributed by atoms with Gasteiger partial charge in [0.2, 0.25) is 0 Å². The number of carbonyl (C=O) groups excluding carboxylic acids is 1. The number of nitrogens with two attached hydrogens (primary N) is 1. The highest BCUT2D eigenvalue weighted by Crippen LogP contribution is 2.33. The van der Waals surface area contributed by atoms with E-state index in [1.165, 1.54) is 0 Å². The monoisotopic (exact) mass is 283 g/mol. The molecule has 1 aliphatic heterocycles. The fraction of sp³-hybridized carbons (Fsp3) is 0.188. The van der Waals surface area contributed by atoms with Gasteiger partial charge in [-0.15, -0.1) is 0 Å². The zero-order chi connectivity index (χ0) is 14.8. The molecule has 3 N–H and O–H groups in total. The largest absolute Gasteiger partial charge is 0.495 e. The topological polar surface area (TPSA) is 67.6 Å². The molecule has 0 radical (unpaired) electrons. The van der Waals surface area contributed by atoms with Gasteiger partial charge in [-0.05, 0) is 30.7 Å². The molecule has 1 aliphatic rings. The third-order valence-electron chi connectivity index (χ3n) is 3.66. The maximum atomic E-state index is 12.5. The zero-order valence-corrected chi connectivity index (χ0v) is 11.8. The number of urea groups is 1. The van der Waals surface area contributed by atoms with Crippen LogP contribution in [0.1, 0.15) is 5.56 Å². The Bertz CT molecular complexity index is 685. The van der Waals surface area contributed by atoms with Gasteiger partial charge in [-0.1, -0.05) is 18.2 Å². The molecule has 3 rings (SSSR count). The van der Waals surface area contributed by atoms with E-state index in [4.69, 9.17) is 10.5 Å². The van der Waals surface area contributed by atoms with Crippen LogP contribution in [0.5, 0.6) is 5.75 Å². The van der Waals surface area contributed by atoms with Gasteiger partial charge in [-0.25, -0.2) is 4.79 Å². The van der Waals surface area contributed by atoms with Crippen LogP contribution >= 0.6 is 0 Å². The molecule has 1 heterocycles. The fourth-order valence-electron chi connectivity index (χ4n) is 2.60. The molecule has 2 aromatic carbocycles. The van der Waals surface area contributed by atoms with E-state index in [0.717, 1.165) is 23.4 Å². The van der Waals surface area contributed by atoms with Crippen molar-refractivity contribution in [3.8, 4) is 5.75 Å². The minimum absolute atomic E-state index is 0.177. The van der Waals surface area contributed by atoms with E-state index in [1.54, 1.807) is 12.0 Å². The molecule has 0 aliphatic carbocycles. The molecule has 0 atom stereocenters. The van der Waals surface area contributed by atoms with Gasteiger partial charge in [-0.2, -0.15) is 0 Å². The zero-order valence-electron chi connectivity index (χ0n) is 11.8. The summed E-state index contributed by atoms with van der Waals surface area (Å²) in [5.41, 5.74) is 9.26. The third kappa shape index (κ3) is 2.38. The number of hydrogen-bond acceptors (Lipinski definition) is 3. The molecule has 0 unspecified atom stereocenters. The molecule has 0 saturated heterocycles. The normalized spacial score (nSPS) is 12.9. The van der Waals surface area contributed by atoms with E-state index in [2.05, 4.69) is 5.32 Å². The van der Waals surface area contributed by atoms with Crippen molar-refractivity contribution in [1.82, 2.24) is 0 Å². The van der Waals surface area contributed by atoms with Crippen LogP contribution in [0.4, 0.5) is 21.9 Å². The number of carbonyl (C=O) groups is 1. The van der Waals surface area contributed by atoms with Crippen molar-refractivity contribution in [2.45, 2.75) is 6.42 Å². The van der Waals surface area contributed by atoms with Crippen molar-refractivity contribution in [2.24, 2.45) is 0 Å². The van der Waals surface area contributed by atoms with Crippen LogP contribution in [0.2, 0.25) is 0 Å². The van der Waals surface area contributed by atoms with Crippen LogP contribution < -0.4 is 20.7 Å². The number of nitrogens with one attached hydrogen (secondary N) is 1. The molecule has 0 saturated carbocycles. The first-order valence-electron chi connectivity index (χ1n) is 6.79. The SMILES string of the molecule is COc1ccccc1NC(=O)N1CCc2c(N)cccc21. The highest BCUT2D eigenvalue weighted by atomic mass is 16.5. The molecule has 0 fully saturated rings. The Kier molecular flexibility index (Phi) is 3.39. The van der Waals surface area contributed by atoms with Crippen LogP contribution in [0.25, 0.3) is 0 Å². The Morgan fingerprint density at radius 2 is 2.05 bits per heavy atom. The Labute approximate surface area is 123 Å². The first-order chi connectivity index (χ1) is 10.2. The highest BCUT2D eigenvalue weighted by molar-refractivity contribution is 6.04. The van der Waals surface area contributed by atoms with E-state index in [1.807, 2.05) is 42.5 Å². The summed E-state index contributed by atoms with van der Waals surface area (Å²) in [4.78, 5) is 14.2. The minimum atomic E-state index is -0.177. The number of methoxy groups -OCH3 is 1. The number of ether oxygens (including phenoxy) is 1. The number of hydrogen-bond donors (Lipinski definition) is 2. The minimum Gasteiger partial charge on any atom is -0.495 e. The summed E-state index contributed by atoms with van der Waals surface area (Å²) in [7, 11) is 1.58. The Hall–Kier alpha value is -2.69. The number of nitrogen functional groups attached to an aromatic ring is 1. The summed E-state index contributed by atoms with van der Waals surface area (Å²) in [6.45, 7) is 0.629. The second kappa shape index (κ2) is 5.36. The fourth-order valence-corrected chi connectivity index (χ4v) is 2.60. The number of amides is 2. The molecule has 0 bridgehead atoms. The molecule has 2 aromatic rings. The summed E-state index contributed by atoms with van der Waals surface area (Å²) in [6.07, 6.45) is 0.779. The number of nitrogens with zero attached hydrogens (tertiary/aromatic N) is 1. The molecule has 21 heavy (non-hydrogen) atoms. The van der Waals surface area contributed by atoms with Crippen LogP contribution in [0, 0.1) is 0 Å². The Morgan fingerprint density at radius 1 is 1.24 bits per heavy atom. The van der Waals surface area contributed by atoms with Gasteiger partial charge in [0, 0.05) is 17.8 Å².